The fourth-order valence-corrected chi connectivity index (χ4v) is 4.63. The molecular weight excluding hydrogens is 440 g/mol. The monoisotopic (exact) mass is 470 g/mol. The predicted molar refractivity (Wildman–Crippen MR) is 140 cm³/mol. The van der Waals surface area contributed by atoms with Gasteiger partial charge in [0.15, 0.2) is 0 Å². The van der Waals surface area contributed by atoms with E-state index >= 15 is 0 Å². The van der Waals surface area contributed by atoms with Crippen LogP contribution >= 0.6 is 15.9 Å². The van der Waals surface area contributed by atoms with Crippen molar-refractivity contribution in [2.24, 2.45) is 0 Å². The van der Waals surface area contributed by atoms with Gasteiger partial charge in [0, 0.05) is 4.47 Å². The second-order valence-corrected chi connectivity index (χ2v) is 11.4. The van der Waals surface area contributed by atoms with Crippen LogP contribution in [0, 0.1) is 0 Å². The quantitative estimate of drug-likeness (QED) is 0.273. The Balaban J connectivity index is 1.94. The number of halogens is 1. The Bertz CT molecular complexity index is 1230. The maximum absolute atomic E-state index is 3.89. The van der Waals surface area contributed by atoms with E-state index < -0.39 is 0 Å². The van der Waals surface area contributed by atoms with Crippen LogP contribution in [-0.4, -0.2) is 0 Å². The summed E-state index contributed by atoms with van der Waals surface area (Å²) >= 11 is 3.89. The molecule has 0 radical (unpaired) electrons. The van der Waals surface area contributed by atoms with E-state index in [1.54, 1.807) is 0 Å². The van der Waals surface area contributed by atoms with Gasteiger partial charge in [0.1, 0.15) is 0 Å². The fourth-order valence-electron chi connectivity index (χ4n) is 4.04. The van der Waals surface area contributed by atoms with E-state index in [0.717, 1.165) is 4.47 Å². The van der Waals surface area contributed by atoms with Crippen LogP contribution in [0.3, 0.4) is 0 Å². The molecule has 0 nitrogen and oxygen atoms in total. The molecule has 0 unspecified atom stereocenters. The highest BCUT2D eigenvalue weighted by molar-refractivity contribution is 9.10. The lowest BCUT2D eigenvalue weighted by Crippen LogP contribution is -2.12. The topological polar surface area (TPSA) is 0 Å². The molecule has 0 aromatic heterocycles. The lowest BCUT2D eigenvalue weighted by atomic mass is 9.81. The average Bonchev–Trinajstić information content (AvgIpc) is 2.72. The molecule has 4 rings (SSSR count). The third-order valence-corrected chi connectivity index (χ3v) is 6.71. The second-order valence-electron chi connectivity index (χ2n) is 10.5. The zero-order valence-corrected chi connectivity index (χ0v) is 21.0. The first-order chi connectivity index (χ1) is 14.5. The number of benzene rings is 4. The van der Waals surface area contributed by atoms with Crippen LogP contribution in [0.25, 0.3) is 33.0 Å². The minimum Gasteiger partial charge on any atom is -0.0622 e. The van der Waals surface area contributed by atoms with Crippen molar-refractivity contribution in [3.8, 4) is 22.3 Å². The molecule has 0 heterocycles. The van der Waals surface area contributed by atoms with Gasteiger partial charge in [0.2, 0.25) is 0 Å². The van der Waals surface area contributed by atoms with Gasteiger partial charge in [-0.1, -0.05) is 124 Å². The molecule has 0 amide bonds. The molecule has 0 fully saturated rings. The van der Waals surface area contributed by atoms with Crippen LogP contribution in [0.15, 0.2) is 83.3 Å². The molecule has 0 aliphatic rings. The van der Waals surface area contributed by atoms with Gasteiger partial charge < -0.3 is 0 Å². The summed E-state index contributed by atoms with van der Waals surface area (Å²) in [7, 11) is 0. The Morgan fingerprint density at radius 3 is 1.81 bits per heavy atom. The number of hydrogen-bond donors (Lipinski definition) is 0. The largest absolute Gasteiger partial charge is 0.0622 e. The molecular formula is C30H31Br. The van der Waals surface area contributed by atoms with Crippen molar-refractivity contribution in [3.05, 3.63) is 94.5 Å². The summed E-state index contributed by atoms with van der Waals surface area (Å²) in [6, 6.07) is 29.0. The summed E-state index contributed by atoms with van der Waals surface area (Å²) in [5.41, 5.74) is 7.92. The number of hydrogen-bond acceptors (Lipinski definition) is 0. The summed E-state index contributed by atoms with van der Waals surface area (Å²) in [6.07, 6.45) is 0. The van der Waals surface area contributed by atoms with Crippen molar-refractivity contribution in [1.29, 1.82) is 0 Å². The van der Waals surface area contributed by atoms with Crippen LogP contribution in [0.5, 0.6) is 0 Å². The van der Waals surface area contributed by atoms with Crippen molar-refractivity contribution in [1.82, 2.24) is 0 Å². The molecule has 0 spiro atoms. The summed E-state index contributed by atoms with van der Waals surface area (Å²) < 4.78 is 1.13. The Hall–Kier alpha value is -2.38. The lowest BCUT2D eigenvalue weighted by Gasteiger charge is -2.24. The van der Waals surface area contributed by atoms with Gasteiger partial charge in [-0.2, -0.15) is 0 Å². The zero-order chi connectivity index (χ0) is 22.4. The minimum atomic E-state index is 0.0805. The Labute approximate surface area is 195 Å². The van der Waals surface area contributed by atoms with Crippen molar-refractivity contribution >= 4 is 26.7 Å². The molecule has 0 aliphatic heterocycles. The normalized spacial score (nSPS) is 12.4. The smallest absolute Gasteiger partial charge is 0.0260 e. The molecule has 0 aliphatic carbocycles. The molecule has 0 saturated carbocycles. The van der Waals surface area contributed by atoms with Gasteiger partial charge in [-0.05, 0) is 67.1 Å². The highest BCUT2D eigenvalue weighted by Gasteiger charge is 2.20. The van der Waals surface area contributed by atoms with E-state index in [0.29, 0.717) is 0 Å². The maximum atomic E-state index is 3.89. The molecule has 0 N–H and O–H groups in total. The Morgan fingerprint density at radius 1 is 0.548 bits per heavy atom. The molecule has 4 aromatic carbocycles. The van der Waals surface area contributed by atoms with E-state index in [9.17, 15) is 0 Å². The summed E-state index contributed by atoms with van der Waals surface area (Å²) in [5, 5.41) is 2.61. The maximum Gasteiger partial charge on any atom is 0.0260 e. The molecule has 31 heavy (non-hydrogen) atoms. The third kappa shape index (κ3) is 4.48. The first-order valence-corrected chi connectivity index (χ1v) is 11.8. The SMILES string of the molecule is CC(C)(C)c1ccc2c(-c3ccc(-c4ccccc4)cc3Br)cc(C(C)(C)C)cc2c1. The molecule has 158 valence electrons. The molecule has 4 aromatic rings. The second kappa shape index (κ2) is 7.95. The van der Waals surface area contributed by atoms with Crippen molar-refractivity contribution in [3.63, 3.8) is 0 Å². The first kappa shape index (κ1) is 21.8. The van der Waals surface area contributed by atoms with Crippen molar-refractivity contribution < 1.29 is 0 Å². The van der Waals surface area contributed by atoms with E-state index in [2.05, 4.69) is 136 Å². The van der Waals surface area contributed by atoms with E-state index in [-0.39, 0.29) is 10.8 Å². The number of rotatable bonds is 2. The predicted octanol–water partition coefficient (Wildman–Crippen LogP) is 9.53. The molecule has 1 heteroatoms. The van der Waals surface area contributed by atoms with Gasteiger partial charge in [0.25, 0.3) is 0 Å². The Kier molecular flexibility index (Phi) is 5.60. The molecule has 0 bridgehead atoms. The molecule has 0 saturated heterocycles. The zero-order valence-electron chi connectivity index (χ0n) is 19.4. The third-order valence-electron chi connectivity index (χ3n) is 6.05. The minimum absolute atomic E-state index is 0.0805. The van der Waals surface area contributed by atoms with Crippen molar-refractivity contribution in [2.75, 3.05) is 0 Å². The average molecular weight is 471 g/mol. The highest BCUT2D eigenvalue weighted by Crippen LogP contribution is 2.40. The van der Waals surface area contributed by atoms with Crippen LogP contribution in [0.4, 0.5) is 0 Å². The molecule has 0 atom stereocenters. The van der Waals surface area contributed by atoms with Crippen LogP contribution in [0.1, 0.15) is 52.7 Å². The van der Waals surface area contributed by atoms with Crippen LogP contribution in [0.2, 0.25) is 0 Å². The van der Waals surface area contributed by atoms with E-state index in [4.69, 9.17) is 0 Å². The van der Waals surface area contributed by atoms with E-state index in [1.165, 1.54) is 44.2 Å². The first-order valence-electron chi connectivity index (χ1n) is 11.0. The standard InChI is InChI=1S/C30H31Br/c1-29(2,3)23-13-15-25-22(16-23)17-24(30(4,5)6)19-27(25)26-14-12-21(18-28(26)31)20-10-8-7-9-11-20/h7-19H,1-6H3. The van der Waals surface area contributed by atoms with Crippen LogP contribution < -0.4 is 0 Å². The summed E-state index contributed by atoms with van der Waals surface area (Å²) in [6.45, 7) is 13.7. The fraction of sp³-hybridized carbons (Fsp3) is 0.267. The van der Waals surface area contributed by atoms with Gasteiger partial charge in [-0.15, -0.1) is 0 Å². The van der Waals surface area contributed by atoms with Crippen molar-refractivity contribution in [2.45, 2.75) is 52.4 Å². The van der Waals surface area contributed by atoms with Gasteiger partial charge in [-0.25, -0.2) is 0 Å². The number of fused-ring (bicyclic) bond motifs is 1. The van der Waals surface area contributed by atoms with Gasteiger partial charge in [-0.3, -0.25) is 0 Å². The highest BCUT2D eigenvalue weighted by atomic mass is 79.9. The van der Waals surface area contributed by atoms with Crippen LogP contribution in [-0.2, 0) is 10.8 Å². The van der Waals surface area contributed by atoms with E-state index in [1.807, 2.05) is 0 Å². The Morgan fingerprint density at radius 2 is 1.19 bits per heavy atom. The summed E-state index contributed by atoms with van der Waals surface area (Å²) in [4.78, 5) is 0. The van der Waals surface area contributed by atoms with Gasteiger partial charge in [0.05, 0.1) is 0 Å². The summed E-state index contributed by atoms with van der Waals surface area (Å²) in [5.74, 6) is 0. The lowest BCUT2D eigenvalue weighted by molar-refractivity contribution is 0.589. The van der Waals surface area contributed by atoms with Gasteiger partial charge >= 0.3 is 0 Å².